The third-order valence-electron chi connectivity index (χ3n) is 4.19. The smallest absolute Gasteiger partial charge is 0.410 e. The number of nitrogens with one attached hydrogen (secondary N) is 1. The number of fused-ring (bicyclic) bond motifs is 1. The molecule has 0 bridgehead atoms. The van der Waals surface area contributed by atoms with E-state index in [4.69, 9.17) is 16.3 Å². The van der Waals surface area contributed by atoms with Gasteiger partial charge in [-0.2, -0.15) is 0 Å². The van der Waals surface area contributed by atoms with E-state index in [1.165, 1.54) is 6.33 Å². The zero-order valence-corrected chi connectivity index (χ0v) is 14.1. The van der Waals surface area contributed by atoms with Gasteiger partial charge in [0.15, 0.2) is 0 Å². The van der Waals surface area contributed by atoms with Crippen molar-refractivity contribution in [3.63, 3.8) is 0 Å². The maximum Gasteiger partial charge on any atom is 0.415 e. The van der Waals surface area contributed by atoms with Crippen molar-refractivity contribution >= 4 is 34.5 Å². The van der Waals surface area contributed by atoms with E-state index in [2.05, 4.69) is 19.9 Å². The van der Waals surface area contributed by atoms with Crippen LogP contribution in [0.2, 0.25) is 5.15 Å². The van der Waals surface area contributed by atoms with Crippen molar-refractivity contribution in [3.05, 3.63) is 47.9 Å². The number of aromatic nitrogens is 3. The summed E-state index contributed by atoms with van der Waals surface area (Å²) in [4.78, 5) is 27.5. The van der Waals surface area contributed by atoms with Gasteiger partial charge in [0, 0.05) is 26.2 Å². The number of piperazine rings is 1. The monoisotopic (exact) mass is 357 g/mol. The van der Waals surface area contributed by atoms with Gasteiger partial charge in [0.05, 0.1) is 5.39 Å². The van der Waals surface area contributed by atoms with Crippen molar-refractivity contribution in [2.45, 2.75) is 0 Å². The normalized spacial score (nSPS) is 14.8. The molecule has 25 heavy (non-hydrogen) atoms. The molecule has 1 saturated heterocycles. The van der Waals surface area contributed by atoms with Crippen LogP contribution in [0.5, 0.6) is 5.75 Å². The Bertz CT molecular complexity index is 890. The molecule has 0 saturated carbocycles. The SMILES string of the molecule is O=C(Oc1ccccc1)N1CCN(c2cc3c(Cl)ncnc3[nH]2)CC1. The van der Waals surface area contributed by atoms with Gasteiger partial charge in [-0.1, -0.05) is 29.8 Å². The summed E-state index contributed by atoms with van der Waals surface area (Å²) in [6, 6.07) is 11.0. The number of para-hydroxylation sites is 1. The highest BCUT2D eigenvalue weighted by Gasteiger charge is 2.24. The Labute approximate surface area is 149 Å². The number of aromatic amines is 1. The molecular weight excluding hydrogens is 342 g/mol. The van der Waals surface area contributed by atoms with Gasteiger partial charge in [0.25, 0.3) is 0 Å². The molecule has 0 unspecified atom stereocenters. The average molecular weight is 358 g/mol. The van der Waals surface area contributed by atoms with Crippen molar-refractivity contribution in [1.29, 1.82) is 0 Å². The second-order valence-electron chi connectivity index (χ2n) is 5.74. The molecule has 0 aliphatic carbocycles. The fraction of sp³-hybridized carbons (Fsp3) is 0.235. The van der Waals surface area contributed by atoms with E-state index < -0.39 is 0 Å². The average Bonchev–Trinajstić information content (AvgIpc) is 3.08. The Hall–Kier alpha value is -2.80. The molecule has 1 amide bonds. The summed E-state index contributed by atoms with van der Waals surface area (Å²) in [7, 11) is 0. The predicted octanol–water partition coefficient (Wildman–Crippen LogP) is 2.93. The van der Waals surface area contributed by atoms with Crippen molar-refractivity contribution in [2.24, 2.45) is 0 Å². The first-order chi connectivity index (χ1) is 12.2. The summed E-state index contributed by atoms with van der Waals surface area (Å²) in [6.45, 7) is 2.56. The fourth-order valence-electron chi connectivity index (χ4n) is 2.85. The minimum Gasteiger partial charge on any atom is -0.410 e. The standard InChI is InChI=1S/C17H16ClN5O2/c18-15-13-10-14(21-16(13)20-11-19-15)22-6-8-23(9-7-22)17(24)25-12-4-2-1-3-5-12/h1-5,10-11H,6-9H2,(H,19,20,21). The lowest BCUT2D eigenvalue weighted by Crippen LogP contribution is -2.49. The molecule has 3 heterocycles. The molecule has 1 aromatic carbocycles. The second-order valence-corrected chi connectivity index (χ2v) is 6.09. The van der Waals surface area contributed by atoms with Crippen molar-refractivity contribution < 1.29 is 9.53 Å². The van der Waals surface area contributed by atoms with E-state index in [1.807, 2.05) is 24.3 Å². The number of hydrogen-bond donors (Lipinski definition) is 1. The highest BCUT2D eigenvalue weighted by molar-refractivity contribution is 6.34. The number of benzene rings is 1. The first-order valence-electron chi connectivity index (χ1n) is 7.97. The number of hydrogen-bond acceptors (Lipinski definition) is 5. The molecule has 4 rings (SSSR count). The lowest BCUT2D eigenvalue weighted by molar-refractivity contribution is 0.149. The van der Waals surface area contributed by atoms with E-state index in [9.17, 15) is 4.79 Å². The van der Waals surface area contributed by atoms with Gasteiger partial charge in [-0.25, -0.2) is 14.8 Å². The molecule has 2 aromatic heterocycles. The van der Waals surface area contributed by atoms with Gasteiger partial charge in [0.2, 0.25) is 0 Å². The lowest BCUT2D eigenvalue weighted by atomic mass is 10.3. The van der Waals surface area contributed by atoms with E-state index >= 15 is 0 Å². The maximum absolute atomic E-state index is 12.2. The summed E-state index contributed by atoms with van der Waals surface area (Å²) in [6.07, 6.45) is 1.11. The number of anilines is 1. The zero-order chi connectivity index (χ0) is 17.2. The number of nitrogens with zero attached hydrogens (tertiary/aromatic N) is 4. The first kappa shape index (κ1) is 15.7. The first-order valence-corrected chi connectivity index (χ1v) is 8.34. The quantitative estimate of drug-likeness (QED) is 0.714. The van der Waals surface area contributed by atoms with Crippen LogP contribution in [0.4, 0.5) is 10.6 Å². The van der Waals surface area contributed by atoms with Crippen LogP contribution < -0.4 is 9.64 Å². The maximum atomic E-state index is 12.2. The van der Waals surface area contributed by atoms with Crippen LogP contribution in [-0.2, 0) is 0 Å². The highest BCUT2D eigenvalue weighted by atomic mass is 35.5. The van der Waals surface area contributed by atoms with Crippen LogP contribution in [0, 0.1) is 0 Å². The van der Waals surface area contributed by atoms with Crippen molar-refractivity contribution in [3.8, 4) is 5.75 Å². The Morgan fingerprint density at radius 2 is 1.88 bits per heavy atom. The van der Waals surface area contributed by atoms with Gasteiger partial charge >= 0.3 is 6.09 Å². The molecule has 8 heteroatoms. The summed E-state index contributed by atoms with van der Waals surface area (Å²) >= 11 is 6.09. The molecule has 0 radical (unpaired) electrons. The van der Waals surface area contributed by atoms with E-state index in [0.29, 0.717) is 42.7 Å². The molecule has 3 aromatic rings. The number of amides is 1. The summed E-state index contributed by atoms with van der Waals surface area (Å²) in [5.74, 6) is 1.48. The Morgan fingerprint density at radius 3 is 2.60 bits per heavy atom. The number of ether oxygens (including phenoxy) is 1. The Kier molecular flexibility index (Phi) is 4.15. The van der Waals surface area contributed by atoms with Gasteiger partial charge in [-0.05, 0) is 18.2 Å². The number of carbonyl (C=O) groups excluding carboxylic acids is 1. The van der Waals surface area contributed by atoms with Crippen LogP contribution in [-0.4, -0.2) is 52.1 Å². The molecule has 128 valence electrons. The zero-order valence-electron chi connectivity index (χ0n) is 13.4. The third-order valence-corrected chi connectivity index (χ3v) is 4.49. The summed E-state index contributed by atoms with van der Waals surface area (Å²) < 4.78 is 5.38. The molecule has 1 aliphatic heterocycles. The van der Waals surface area contributed by atoms with Crippen molar-refractivity contribution in [1.82, 2.24) is 19.9 Å². The van der Waals surface area contributed by atoms with Crippen LogP contribution in [0.3, 0.4) is 0 Å². The van der Waals surface area contributed by atoms with Crippen LogP contribution >= 0.6 is 11.6 Å². The number of H-pyrrole nitrogens is 1. The van der Waals surface area contributed by atoms with Crippen LogP contribution in [0.1, 0.15) is 0 Å². The minimum atomic E-state index is -0.323. The molecule has 0 atom stereocenters. The van der Waals surface area contributed by atoms with E-state index in [0.717, 1.165) is 11.2 Å². The molecule has 1 fully saturated rings. The van der Waals surface area contributed by atoms with Gasteiger partial charge in [-0.15, -0.1) is 0 Å². The largest absolute Gasteiger partial charge is 0.415 e. The Morgan fingerprint density at radius 1 is 1.12 bits per heavy atom. The highest BCUT2D eigenvalue weighted by Crippen LogP contribution is 2.25. The van der Waals surface area contributed by atoms with Gasteiger partial charge in [-0.3, -0.25) is 0 Å². The molecular formula is C17H16ClN5O2. The number of rotatable bonds is 2. The molecule has 7 nitrogen and oxygen atoms in total. The van der Waals surface area contributed by atoms with E-state index in [1.54, 1.807) is 17.0 Å². The Balaban J connectivity index is 1.40. The van der Waals surface area contributed by atoms with E-state index in [-0.39, 0.29) is 6.09 Å². The van der Waals surface area contributed by atoms with Gasteiger partial charge < -0.3 is 19.5 Å². The summed E-state index contributed by atoms with van der Waals surface area (Å²) in [5, 5.41) is 1.22. The third kappa shape index (κ3) is 3.23. The van der Waals surface area contributed by atoms with Crippen LogP contribution in [0.15, 0.2) is 42.7 Å². The lowest BCUT2D eigenvalue weighted by Gasteiger charge is -2.34. The number of carbonyl (C=O) groups is 1. The minimum absolute atomic E-state index is 0.323. The summed E-state index contributed by atoms with van der Waals surface area (Å²) in [5.41, 5.74) is 0.709. The molecule has 1 N–H and O–H groups in total. The second kappa shape index (κ2) is 6.60. The topological polar surface area (TPSA) is 74.3 Å². The number of halogens is 1. The van der Waals surface area contributed by atoms with Gasteiger partial charge in [0.1, 0.15) is 28.7 Å². The fourth-order valence-corrected chi connectivity index (χ4v) is 3.04. The van der Waals surface area contributed by atoms with Crippen LogP contribution in [0.25, 0.3) is 11.0 Å². The van der Waals surface area contributed by atoms with Crippen molar-refractivity contribution in [2.75, 3.05) is 31.1 Å². The molecule has 1 aliphatic rings. The predicted molar refractivity (Wildman–Crippen MR) is 95.2 cm³/mol. The molecule has 0 spiro atoms.